The third-order valence-corrected chi connectivity index (χ3v) is 4.23. The van der Waals surface area contributed by atoms with Gasteiger partial charge in [-0.15, -0.1) is 0 Å². The molecule has 1 aromatic rings. The fourth-order valence-electron chi connectivity index (χ4n) is 2.05. The molecule has 0 aromatic heterocycles. The molecule has 1 aliphatic rings. The summed E-state index contributed by atoms with van der Waals surface area (Å²) in [5.74, 6) is 0. The van der Waals surface area contributed by atoms with E-state index in [1.54, 1.807) is 20.8 Å². The van der Waals surface area contributed by atoms with Crippen LogP contribution >= 0.6 is 0 Å². The highest BCUT2D eigenvalue weighted by molar-refractivity contribution is 7.85. The van der Waals surface area contributed by atoms with Crippen LogP contribution < -0.4 is 0 Å². The van der Waals surface area contributed by atoms with E-state index in [-0.39, 0.29) is 6.61 Å². The lowest BCUT2D eigenvalue weighted by atomic mass is 10.1. The molecule has 2 rings (SSSR count). The van der Waals surface area contributed by atoms with Gasteiger partial charge in [-0.05, 0) is 32.8 Å². The van der Waals surface area contributed by atoms with Gasteiger partial charge in [0.1, 0.15) is 5.60 Å². The van der Waals surface area contributed by atoms with E-state index in [1.807, 2.05) is 30.3 Å². The maximum atomic E-state index is 12.1. The van der Waals surface area contributed by atoms with E-state index >= 15 is 0 Å². The van der Waals surface area contributed by atoms with Gasteiger partial charge in [-0.1, -0.05) is 30.3 Å². The molecule has 0 spiro atoms. The first-order valence-corrected chi connectivity index (χ1v) is 8.01. The molecular formula is C14H19NO5S. The van der Waals surface area contributed by atoms with Crippen molar-refractivity contribution in [3.05, 3.63) is 35.9 Å². The minimum atomic E-state index is -4.07. The second-order valence-corrected chi connectivity index (χ2v) is 7.35. The van der Waals surface area contributed by atoms with Crippen molar-refractivity contribution in [2.45, 2.75) is 38.8 Å². The van der Waals surface area contributed by atoms with E-state index in [1.165, 1.54) is 0 Å². The number of ether oxygens (including phenoxy) is 1. The second kappa shape index (κ2) is 5.65. The van der Waals surface area contributed by atoms with Crippen LogP contribution in [0.3, 0.4) is 0 Å². The summed E-state index contributed by atoms with van der Waals surface area (Å²) in [6.45, 7) is 4.98. The first kappa shape index (κ1) is 15.8. The number of benzene rings is 1. The van der Waals surface area contributed by atoms with Crippen LogP contribution in [0.25, 0.3) is 0 Å². The minimum Gasteiger partial charge on any atom is -0.443 e. The first-order chi connectivity index (χ1) is 9.69. The van der Waals surface area contributed by atoms with Crippen LogP contribution in [0.1, 0.15) is 26.3 Å². The second-order valence-electron chi connectivity index (χ2n) is 5.86. The fourth-order valence-corrected chi connectivity index (χ4v) is 3.21. The molecule has 1 aromatic carbocycles. The Kier molecular flexibility index (Phi) is 4.25. The molecule has 6 nitrogen and oxygen atoms in total. The average molecular weight is 313 g/mol. The van der Waals surface area contributed by atoms with E-state index in [4.69, 9.17) is 8.92 Å². The van der Waals surface area contributed by atoms with Crippen LogP contribution in [-0.2, 0) is 25.6 Å². The standard InChI is InChI=1S/C14H19NO5S/c1-14(2,3)20-13(16)15-12(10-19-21(15,17)18)9-11-7-5-4-6-8-11/h4-8,12H,9-10H2,1-3H3/t12-/m1/s1. The Labute approximate surface area is 124 Å². The Morgan fingerprint density at radius 2 is 1.95 bits per heavy atom. The number of hydrogen-bond donors (Lipinski definition) is 0. The molecule has 21 heavy (non-hydrogen) atoms. The van der Waals surface area contributed by atoms with Gasteiger partial charge in [0.15, 0.2) is 0 Å². The molecular weight excluding hydrogens is 294 g/mol. The lowest BCUT2D eigenvalue weighted by Gasteiger charge is -2.25. The van der Waals surface area contributed by atoms with Crippen molar-refractivity contribution in [3.8, 4) is 0 Å². The summed E-state index contributed by atoms with van der Waals surface area (Å²) in [6.07, 6.45) is -0.514. The molecule has 0 unspecified atom stereocenters. The third-order valence-electron chi connectivity index (χ3n) is 2.87. The molecule has 0 saturated carbocycles. The van der Waals surface area contributed by atoms with Gasteiger partial charge in [-0.2, -0.15) is 12.7 Å². The molecule has 116 valence electrons. The van der Waals surface area contributed by atoms with Crippen LogP contribution in [-0.4, -0.2) is 37.1 Å². The summed E-state index contributed by atoms with van der Waals surface area (Å²) >= 11 is 0. The summed E-state index contributed by atoms with van der Waals surface area (Å²) in [4.78, 5) is 12.1. The Balaban J connectivity index is 2.19. The highest BCUT2D eigenvalue weighted by Crippen LogP contribution is 2.24. The normalized spacial score (nSPS) is 21.3. The number of carbonyl (C=O) groups is 1. The van der Waals surface area contributed by atoms with Crippen LogP contribution in [0.15, 0.2) is 30.3 Å². The van der Waals surface area contributed by atoms with Crippen LogP contribution in [0, 0.1) is 0 Å². The van der Waals surface area contributed by atoms with Crippen molar-refractivity contribution < 1.29 is 22.1 Å². The van der Waals surface area contributed by atoms with Gasteiger partial charge in [0, 0.05) is 0 Å². The van der Waals surface area contributed by atoms with E-state index < -0.39 is 28.0 Å². The number of amides is 1. The maximum Gasteiger partial charge on any atom is 0.426 e. The highest BCUT2D eigenvalue weighted by Gasteiger charge is 2.44. The van der Waals surface area contributed by atoms with Crippen molar-refractivity contribution in [1.29, 1.82) is 0 Å². The third kappa shape index (κ3) is 3.95. The minimum absolute atomic E-state index is 0.0591. The molecule has 1 amide bonds. The number of hydrogen-bond acceptors (Lipinski definition) is 5. The number of rotatable bonds is 2. The summed E-state index contributed by atoms with van der Waals surface area (Å²) in [7, 11) is -4.07. The van der Waals surface area contributed by atoms with Crippen molar-refractivity contribution in [2.75, 3.05) is 6.61 Å². The predicted molar refractivity (Wildman–Crippen MR) is 76.9 cm³/mol. The average Bonchev–Trinajstić information content (AvgIpc) is 2.63. The van der Waals surface area contributed by atoms with Crippen LogP contribution in [0.5, 0.6) is 0 Å². The SMILES string of the molecule is CC(C)(C)OC(=O)N1[C@H](Cc2ccccc2)COS1(=O)=O. The zero-order valence-electron chi connectivity index (χ0n) is 12.3. The number of nitrogens with zero attached hydrogens (tertiary/aromatic N) is 1. The van der Waals surface area contributed by atoms with E-state index in [0.29, 0.717) is 10.7 Å². The topological polar surface area (TPSA) is 72.9 Å². The van der Waals surface area contributed by atoms with Crippen molar-refractivity contribution in [1.82, 2.24) is 4.31 Å². The van der Waals surface area contributed by atoms with Gasteiger partial charge >= 0.3 is 16.4 Å². The summed E-state index contributed by atoms with van der Waals surface area (Å²) in [5.41, 5.74) is 0.156. The highest BCUT2D eigenvalue weighted by atomic mass is 32.2. The molecule has 1 heterocycles. The van der Waals surface area contributed by atoms with Gasteiger partial charge in [-0.25, -0.2) is 4.79 Å². The largest absolute Gasteiger partial charge is 0.443 e. The Morgan fingerprint density at radius 3 is 2.52 bits per heavy atom. The first-order valence-electron chi connectivity index (χ1n) is 6.65. The molecule has 1 saturated heterocycles. The molecule has 0 bridgehead atoms. The van der Waals surface area contributed by atoms with Gasteiger partial charge in [0.05, 0.1) is 12.6 Å². The Hall–Kier alpha value is -1.60. The molecule has 0 N–H and O–H groups in total. The summed E-state index contributed by atoms with van der Waals surface area (Å²) < 4.78 is 34.4. The van der Waals surface area contributed by atoms with Crippen LogP contribution in [0.2, 0.25) is 0 Å². The summed E-state index contributed by atoms with van der Waals surface area (Å²) in [6, 6.07) is 8.75. The molecule has 1 atom stereocenters. The number of carbonyl (C=O) groups excluding carboxylic acids is 1. The van der Waals surface area contributed by atoms with E-state index in [9.17, 15) is 13.2 Å². The summed E-state index contributed by atoms with van der Waals surface area (Å²) in [5, 5.41) is 0. The molecule has 0 radical (unpaired) electrons. The van der Waals surface area contributed by atoms with Crippen LogP contribution in [0.4, 0.5) is 4.79 Å². The quantitative estimate of drug-likeness (QED) is 0.836. The van der Waals surface area contributed by atoms with Gasteiger partial charge in [0.25, 0.3) is 0 Å². The molecule has 7 heteroatoms. The van der Waals surface area contributed by atoms with E-state index in [0.717, 1.165) is 5.56 Å². The van der Waals surface area contributed by atoms with Gasteiger partial charge in [-0.3, -0.25) is 4.18 Å². The lowest BCUT2D eigenvalue weighted by Crippen LogP contribution is -2.43. The predicted octanol–water partition coefficient (Wildman–Crippen LogP) is 2.11. The molecule has 1 fully saturated rings. The zero-order valence-corrected chi connectivity index (χ0v) is 13.1. The lowest BCUT2D eigenvalue weighted by molar-refractivity contribution is 0.0357. The zero-order chi connectivity index (χ0) is 15.7. The Morgan fingerprint density at radius 1 is 1.33 bits per heavy atom. The van der Waals surface area contributed by atoms with Crippen molar-refractivity contribution in [3.63, 3.8) is 0 Å². The monoisotopic (exact) mass is 313 g/mol. The van der Waals surface area contributed by atoms with Gasteiger partial charge in [0.2, 0.25) is 0 Å². The van der Waals surface area contributed by atoms with E-state index in [2.05, 4.69) is 0 Å². The fraction of sp³-hybridized carbons (Fsp3) is 0.500. The van der Waals surface area contributed by atoms with Crippen molar-refractivity contribution >= 4 is 16.4 Å². The molecule has 1 aliphatic heterocycles. The molecule has 0 aliphatic carbocycles. The Bertz CT molecular complexity index is 606. The smallest absolute Gasteiger partial charge is 0.426 e. The van der Waals surface area contributed by atoms with Gasteiger partial charge < -0.3 is 4.74 Å². The maximum absolute atomic E-state index is 12.1. The van der Waals surface area contributed by atoms with Crippen molar-refractivity contribution in [2.24, 2.45) is 0 Å².